The van der Waals surface area contributed by atoms with E-state index in [9.17, 15) is 0 Å². The zero-order chi connectivity index (χ0) is 12.8. The molecular formula is C16H27NO. The molecule has 0 bridgehead atoms. The van der Waals surface area contributed by atoms with E-state index in [-0.39, 0.29) is 0 Å². The van der Waals surface area contributed by atoms with Crippen molar-refractivity contribution < 1.29 is 4.42 Å². The fourth-order valence-electron chi connectivity index (χ4n) is 3.22. The van der Waals surface area contributed by atoms with Crippen LogP contribution < -0.4 is 5.32 Å². The van der Waals surface area contributed by atoms with Crippen molar-refractivity contribution in [1.82, 2.24) is 5.32 Å². The molecule has 0 radical (unpaired) electrons. The molecule has 0 aromatic carbocycles. The molecule has 2 heteroatoms. The van der Waals surface area contributed by atoms with Crippen molar-refractivity contribution in [2.75, 3.05) is 6.54 Å². The molecule has 1 saturated carbocycles. The van der Waals surface area contributed by atoms with Gasteiger partial charge in [-0.1, -0.05) is 33.1 Å². The summed E-state index contributed by atoms with van der Waals surface area (Å²) in [6.45, 7) is 5.73. The van der Waals surface area contributed by atoms with Crippen LogP contribution in [0.3, 0.4) is 0 Å². The first-order valence-corrected chi connectivity index (χ1v) is 7.56. The zero-order valence-corrected chi connectivity index (χ0v) is 11.8. The summed E-state index contributed by atoms with van der Waals surface area (Å²) in [6, 6.07) is 4.44. The maximum atomic E-state index is 5.48. The minimum atomic E-state index is 0.390. The van der Waals surface area contributed by atoms with Gasteiger partial charge in [0.25, 0.3) is 0 Å². The first-order chi connectivity index (χ1) is 8.79. The lowest BCUT2D eigenvalue weighted by Gasteiger charge is -2.27. The summed E-state index contributed by atoms with van der Waals surface area (Å²) in [5.41, 5.74) is 0. The van der Waals surface area contributed by atoms with Crippen LogP contribution in [0.15, 0.2) is 22.8 Å². The van der Waals surface area contributed by atoms with Crippen LogP contribution in [0.2, 0.25) is 0 Å². The normalized spacial score (nSPS) is 26.1. The second kappa shape index (κ2) is 6.98. The highest BCUT2D eigenvalue weighted by Gasteiger charge is 2.19. The second-order valence-corrected chi connectivity index (χ2v) is 5.86. The summed E-state index contributed by atoms with van der Waals surface area (Å²) in [5, 5.41) is 3.64. The molecule has 3 atom stereocenters. The van der Waals surface area contributed by atoms with Crippen molar-refractivity contribution in [1.29, 1.82) is 0 Å². The summed E-state index contributed by atoms with van der Waals surface area (Å²) >= 11 is 0. The maximum absolute atomic E-state index is 5.48. The molecule has 1 aromatic rings. The third-order valence-corrected chi connectivity index (χ3v) is 4.28. The van der Waals surface area contributed by atoms with Gasteiger partial charge >= 0.3 is 0 Å². The zero-order valence-electron chi connectivity index (χ0n) is 11.8. The molecule has 1 N–H and O–H groups in total. The number of rotatable bonds is 6. The summed E-state index contributed by atoms with van der Waals surface area (Å²) in [7, 11) is 0. The van der Waals surface area contributed by atoms with Gasteiger partial charge in [0.1, 0.15) is 5.76 Å². The van der Waals surface area contributed by atoms with E-state index in [1.165, 1.54) is 32.1 Å². The SMILES string of the molecule is CCC(NCCC1CCCC(C)C1)c1ccco1. The first-order valence-electron chi connectivity index (χ1n) is 7.56. The highest BCUT2D eigenvalue weighted by atomic mass is 16.3. The summed E-state index contributed by atoms with van der Waals surface area (Å²) in [6.07, 6.45) is 9.91. The lowest BCUT2D eigenvalue weighted by molar-refractivity contribution is 0.262. The molecule has 102 valence electrons. The van der Waals surface area contributed by atoms with Crippen LogP contribution >= 0.6 is 0 Å². The van der Waals surface area contributed by atoms with Gasteiger partial charge in [0, 0.05) is 0 Å². The highest BCUT2D eigenvalue weighted by molar-refractivity contribution is 5.03. The van der Waals surface area contributed by atoms with Gasteiger partial charge in [-0.05, 0) is 49.8 Å². The molecule has 0 amide bonds. The largest absolute Gasteiger partial charge is 0.468 e. The predicted molar refractivity (Wildman–Crippen MR) is 75.5 cm³/mol. The van der Waals surface area contributed by atoms with Gasteiger partial charge < -0.3 is 9.73 Å². The molecule has 0 spiro atoms. The average molecular weight is 249 g/mol. The van der Waals surface area contributed by atoms with Crippen LogP contribution in [-0.2, 0) is 0 Å². The van der Waals surface area contributed by atoms with Gasteiger partial charge in [-0.15, -0.1) is 0 Å². The number of hydrogen-bond donors (Lipinski definition) is 1. The summed E-state index contributed by atoms with van der Waals surface area (Å²) in [4.78, 5) is 0. The van der Waals surface area contributed by atoms with Crippen molar-refractivity contribution in [3.05, 3.63) is 24.2 Å². The molecule has 18 heavy (non-hydrogen) atoms. The summed E-state index contributed by atoms with van der Waals surface area (Å²) < 4.78 is 5.48. The van der Waals surface area contributed by atoms with Gasteiger partial charge in [-0.25, -0.2) is 0 Å². The van der Waals surface area contributed by atoms with Crippen LogP contribution in [0, 0.1) is 11.8 Å². The van der Waals surface area contributed by atoms with Gasteiger partial charge in [-0.3, -0.25) is 0 Å². The molecule has 2 nitrogen and oxygen atoms in total. The van der Waals surface area contributed by atoms with Crippen LogP contribution in [-0.4, -0.2) is 6.54 Å². The van der Waals surface area contributed by atoms with Crippen LogP contribution in [0.4, 0.5) is 0 Å². The van der Waals surface area contributed by atoms with E-state index < -0.39 is 0 Å². The Bertz CT molecular complexity index is 320. The third kappa shape index (κ3) is 3.88. The Morgan fingerprint density at radius 2 is 2.33 bits per heavy atom. The number of nitrogens with one attached hydrogen (secondary N) is 1. The van der Waals surface area contributed by atoms with E-state index in [4.69, 9.17) is 4.42 Å². The molecule has 1 aromatic heterocycles. The average Bonchev–Trinajstić information content (AvgIpc) is 2.88. The fraction of sp³-hybridized carbons (Fsp3) is 0.750. The Hall–Kier alpha value is -0.760. The summed E-state index contributed by atoms with van der Waals surface area (Å²) in [5.74, 6) is 2.96. The Labute approximate surface area is 111 Å². The van der Waals surface area contributed by atoms with E-state index in [1.807, 2.05) is 6.07 Å². The van der Waals surface area contributed by atoms with E-state index in [1.54, 1.807) is 6.26 Å². The molecule has 1 heterocycles. The van der Waals surface area contributed by atoms with Gasteiger partial charge in [0.15, 0.2) is 0 Å². The molecule has 1 fully saturated rings. The van der Waals surface area contributed by atoms with Crippen molar-refractivity contribution >= 4 is 0 Å². The van der Waals surface area contributed by atoms with Crippen LogP contribution in [0.5, 0.6) is 0 Å². The molecule has 1 aliphatic rings. The predicted octanol–water partition coefficient (Wildman–Crippen LogP) is 4.54. The lowest BCUT2D eigenvalue weighted by Crippen LogP contribution is -2.24. The van der Waals surface area contributed by atoms with Crippen LogP contribution in [0.1, 0.15) is 64.2 Å². The maximum Gasteiger partial charge on any atom is 0.120 e. The van der Waals surface area contributed by atoms with E-state index >= 15 is 0 Å². The monoisotopic (exact) mass is 249 g/mol. The first kappa shape index (κ1) is 13.7. The fourth-order valence-corrected chi connectivity index (χ4v) is 3.22. The van der Waals surface area contributed by atoms with Crippen molar-refractivity contribution in [3.8, 4) is 0 Å². The smallest absolute Gasteiger partial charge is 0.120 e. The van der Waals surface area contributed by atoms with E-state index in [0.717, 1.165) is 30.6 Å². The van der Waals surface area contributed by atoms with Crippen molar-refractivity contribution in [3.63, 3.8) is 0 Å². The number of hydrogen-bond acceptors (Lipinski definition) is 2. The molecule has 0 saturated heterocycles. The Balaban J connectivity index is 1.70. The highest BCUT2D eigenvalue weighted by Crippen LogP contribution is 2.30. The van der Waals surface area contributed by atoms with Gasteiger partial charge in [0.2, 0.25) is 0 Å². The van der Waals surface area contributed by atoms with E-state index in [0.29, 0.717) is 6.04 Å². The quantitative estimate of drug-likeness (QED) is 0.801. The number of furan rings is 1. The topological polar surface area (TPSA) is 25.2 Å². The molecule has 0 aliphatic heterocycles. The lowest BCUT2D eigenvalue weighted by atomic mass is 9.81. The van der Waals surface area contributed by atoms with E-state index in [2.05, 4.69) is 25.2 Å². The standard InChI is InChI=1S/C16H27NO/c1-3-15(16-8-5-11-18-16)17-10-9-14-7-4-6-13(2)12-14/h5,8,11,13-15,17H,3-4,6-7,9-10,12H2,1-2H3. The minimum absolute atomic E-state index is 0.390. The third-order valence-electron chi connectivity index (χ3n) is 4.28. The molecule has 2 rings (SSSR count). The molecular weight excluding hydrogens is 222 g/mol. The molecule has 1 aliphatic carbocycles. The van der Waals surface area contributed by atoms with Crippen molar-refractivity contribution in [2.24, 2.45) is 11.8 Å². The molecule has 3 unspecified atom stereocenters. The van der Waals surface area contributed by atoms with Crippen molar-refractivity contribution in [2.45, 2.75) is 58.4 Å². The Kier molecular flexibility index (Phi) is 5.30. The van der Waals surface area contributed by atoms with Gasteiger partial charge in [0.05, 0.1) is 12.3 Å². The Morgan fingerprint density at radius 3 is 3.00 bits per heavy atom. The Morgan fingerprint density at radius 1 is 1.44 bits per heavy atom. The van der Waals surface area contributed by atoms with Gasteiger partial charge in [-0.2, -0.15) is 0 Å². The van der Waals surface area contributed by atoms with Crippen LogP contribution in [0.25, 0.3) is 0 Å². The second-order valence-electron chi connectivity index (χ2n) is 5.86. The minimum Gasteiger partial charge on any atom is -0.468 e.